The van der Waals surface area contributed by atoms with Crippen molar-refractivity contribution >= 4 is 27.7 Å². The van der Waals surface area contributed by atoms with Gasteiger partial charge >= 0.3 is 6.09 Å². The van der Waals surface area contributed by atoms with E-state index in [0.29, 0.717) is 6.07 Å². The van der Waals surface area contributed by atoms with E-state index in [-0.39, 0.29) is 10.2 Å². The molecule has 0 unspecified atom stereocenters. The van der Waals surface area contributed by atoms with Crippen LogP contribution >= 0.6 is 15.9 Å². The Morgan fingerprint density at radius 1 is 1.35 bits per heavy atom. The van der Waals surface area contributed by atoms with Crippen molar-refractivity contribution in [3.63, 3.8) is 0 Å². The molecule has 0 heterocycles. The summed E-state index contributed by atoms with van der Waals surface area (Å²) in [6, 6.07) is 1.73. The smallest absolute Gasteiger partial charge is 0.412 e. The van der Waals surface area contributed by atoms with Crippen LogP contribution in [-0.2, 0) is 4.74 Å². The summed E-state index contributed by atoms with van der Waals surface area (Å²) in [4.78, 5) is 11.4. The maximum atomic E-state index is 13.4. The minimum absolute atomic E-state index is 0.112. The molecule has 6 heteroatoms. The molecule has 0 radical (unpaired) electrons. The number of carbonyl (C=O) groups is 1. The van der Waals surface area contributed by atoms with E-state index < -0.39 is 23.3 Å². The molecule has 0 saturated heterocycles. The van der Waals surface area contributed by atoms with E-state index in [4.69, 9.17) is 4.74 Å². The van der Waals surface area contributed by atoms with Crippen LogP contribution in [0.3, 0.4) is 0 Å². The molecule has 1 aromatic rings. The van der Waals surface area contributed by atoms with Crippen LogP contribution in [0.1, 0.15) is 20.8 Å². The van der Waals surface area contributed by atoms with E-state index in [9.17, 15) is 13.6 Å². The fourth-order valence-corrected chi connectivity index (χ4v) is 1.57. The van der Waals surface area contributed by atoms with Gasteiger partial charge in [-0.15, -0.1) is 0 Å². The number of ether oxygens (including phenoxy) is 1. The van der Waals surface area contributed by atoms with Gasteiger partial charge in [0.1, 0.15) is 11.4 Å². The molecule has 0 saturated carbocycles. The van der Waals surface area contributed by atoms with E-state index in [1.54, 1.807) is 20.8 Å². The van der Waals surface area contributed by atoms with Crippen molar-refractivity contribution in [2.45, 2.75) is 26.4 Å². The first-order valence-corrected chi connectivity index (χ1v) is 5.63. The molecule has 1 amide bonds. The second-order valence-electron chi connectivity index (χ2n) is 4.37. The fraction of sp³-hybridized carbons (Fsp3) is 0.364. The number of anilines is 1. The molecule has 3 nitrogen and oxygen atoms in total. The molecule has 1 rings (SSSR count). The average molecular weight is 308 g/mol. The summed E-state index contributed by atoms with van der Waals surface area (Å²) in [6.45, 7) is 5.05. The van der Waals surface area contributed by atoms with Crippen molar-refractivity contribution in [2.75, 3.05) is 5.32 Å². The third-order valence-corrected chi connectivity index (χ3v) is 2.26. The van der Waals surface area contributed by atoms with Crippen LogP contribution < -0.4 is 5.32 Å². The average Bonchev–Trinajstić information content (AvgIpc) is 2.08. The van der Waals surface area contributed by atoms with Gasteiger partial charge < -0.3 is 4.74 Å². The number of benzene rings is 1. The Morgan fingerprint density at radius 2 is 1.94 bits per heavy atom. The molecule has 1 N–H and O–H groups in total. The van der Waals surface area contributed by atoms with E-state index in [1.165, 1.54) is 0 Å². The zero-order valence-corrected chi connectivity index (χ0v) is 11.2. The molecular formula is C11H12BrF2NO2. The predicted octanol–water partition coefficient (Wildman–Crippen LogP) is 4.07. The lowest BCUT2D eigenvalue weighted by atomic mass is 10.2. The molecule has 94 valence electrons. The number of halogens is 3. The third kappa shape index (κ3) is 4.30. The maximum Gasteiger partial charge on any atom is 0.412 e. The summed E-state index contributed by atoms with van der Waals surface area (Å²) >= 11 is 2.96. The summed E-state index contributed by atoms with van der Waals surface area (Å²) in [7, 11) is 0. The van der Waals surface area contributed by atoms with Crippen LogP contribution in [0.2, 0.25) is 0 Å². The first kappa shape index (κ1) is 13.9. The van der Waals surface area contributed by atoms with Crippen molar-refractivity contribution in [1.82, 2.24) is 0 Å². The second kappa shape index (κ2) is 5.00. The van der Waals surface area contributed by atoms with Gasteiger partial charge in [-0.05, 0) is 42.8 Å². The molecule has 0 bridgehead atoms. The molecule has 0 spiro atoms. The van der Waals surface area contributed by atoms with Crippen molar-refractivity contribution in [3.8, 4) is 0 Å². The van der Waals surface area contributed by atoms with Gasteiger partial charge in [-0.2, -0.15) is 0 Å². The number of nitrogens with one attached hydrogen (secondary N) is 1. The highest BCUT2D eigenvalue weighted by Crippen LogP contribution is 2.27. The Hall–Kier alpha value is -1.17. The first-order valence-electron chi connectivity index (χ1n) is 4.83. The van der Waals surface area contributed by atoms with Crippen LogP contribution in [0.15, 0.2) is 16.6 Å². The Kier molecular flexibility index (Phi) is 4.08. The standard InChI is InChI=1S/C11H12BrF2NO2/c1-11(2,3)17-10(16)15-9-7(12)4-6(13)5-8(9)14/h4-5H,1-3H3,(H,15,16). The molecule has 0 aliphatic rings. The molecule has 1 aromatic carbocycles. The van der Waals surface area contributed by atoms with Gasteiger partial charge in [0.25, 0.3) is 0 Å². The SMILES string of the molecule is CC(C)(C)OC(=O)Nc1c(F)cc(F)cc1Br. The first-order chi connectivity index (χ1) is 7.69. The molecule has 0 aliphatic heterocycles. The van der Waals surface area contributed by atoms with Gasteiger partial charge in [0.2, 0.25) is 0 Å². The Labute approximate surface area is 106 Å². The van der Waals surface area contributed by atoms with Crippen LogP contribution in [-0.4, -0.2) is 11.7 Å². The van der Waals surface area contributed by atoms with Crippen molar-refractivity contribution < 1.29 is 18.3 Å². The van der Waals surface area contributed by atoms with Crippen LogP contribution in [0.4, 0.5) is 19.3 Å². The lowest BCUT2D eigenvalue weighted by Gasteiger charge is -2.20. The normalized spacial score (nSPS) is 11.2. The van der Waals surface area contributed by atoms with Gasteiger partial charge in [-0.25, -0.2) is 13.6 Å². The Morgan fingerprint density at radius 3 is 2.41 bits per heavy atom. The molecular weight excluding hydrogens is 296 g/mol. The fourth-order valence-electron chi connectivity index (χ4n) is 1.07. The lowest BCUT2D eigenvalue weighted by molar-refractivity contribution is 0.0635. The Bertz CT molecular complexity index is 421. The number of carbonyl (C=O) groups excluding carboxylic acids is 1. The number of hydrogen-bond acceptors (Lipinski definition) is 2. The second-order valence-corrected chi connectivity index (χ2v) is 5.23. The lowest BCUT2D eigenvalue weighted by Crippen LogP contribution is -2.27. The van der Waals surface area contributed by atoms with Crippen molar-refractivity contribution in [2.24, 2.45) is 0 Å². The summed E-state index contributed by atoms with van der Waals surface area (Å²) < 4.78 is 31.2. The highest BCUT2D eigenvalue weighted by atomic mass is 79.9. The van der Waals surface area contributed by atoms with Gasteiger partial charge in [0, 0.05) is 10.5 Å². The van der Waals surface area contributed by atoms with Gasteiger partial charge in [0.15, 0.2) is 5.82 Å². The molecule has 0 aliphatic carbocycles. The monoisotopic (exact) mass is 307 g/mol. The highest BCUT2D eigenvalue weighted by Gasteiger charge is 2.19. The molecule has 0 fully saturated rings. The van der Waals surface area contributed by atoms with Crippen molar-refractivity contribution in [1.29, 1.82) is 0 Å². The van der Waals surface area contributed by atoms with E-state index in [0.717, 1.165) is 6.07 Å². The van der Waals surface area contributed by atoms with Crippen LogP contribution in [0.5, 0.6) is 0 Å². The zero-order valence-electron chi connectivity index (χ0n) is 9.61. The topological polar surface area (TPSA) is 38.3 Å². The van der Waals surface area contributed by atoms with E-state index >= 15 is 0 Å². The summed E-state index contributed by atoms with van der Waals surface area (Å²) in [5, 5.41) is 2.21. The third-order valence-electron chi connectivity index (χ3n) is 1.63. The number of amides is 1. The minimum Gasteiger partial charge on any atom is -0.444 e. The van der Waals surface area contributed by atoms with E-state index in [2.05, 4.69) is 21.2 Å². The molecule has 0 aromatic heterocycles. The summed E-state index contributed by atoms with van der Waals surface area (Å²) in [6.07, 6.45) is -0.802. The molecule has 0 atom stereocenters. The number of hydrogen-bond donors (Lipinski definition) is 1. The van der Waals surface area contributed by atoms with Gasteiger partial charge in [-0.1, -0.05) is 0 Å². The minimum atomic E-state index is -0.872. The summed E-state index contributed by atoms with van der Waals surface area (Å²) in [5.41, 5.74) is -0.840. The highest BCUT2D eigenvalue weighted by molar-refractivity contribution is 9.10. The zero-order chi connectivity index (χ0) is 13.2. The van der Waals surface area contributed by atoms with Crippen LogP contribution in [0.25, 0.3) is 0 Å². The summed E-state index contributed by atoms with van der Waals surface area (Å²) in [5.74, 6) is -1.60. The van der Waals surface area contributed by atoms with Gasteiger partial charge in [0.05, 0.1) is 5.69 Å². The number of rotatable bonds is 1. The van der Waals surface area contributed by atoms with Crippen molar-refractivity contribution in [3.05, 3.63) is 28.2 Å². The van der Waals surface area contributed by atoms with E-state index in [1.807, 2.05) is 0 Å². The maximum absolute atomic E-state index is 13.4. The molecule has 17 heavy (non-hydrogen) atoms. The van der Waals surface area contributed by atoms with Gasteiger partial charge in [-0.3, -0.25) is 5.32 Å². The Balaban J connectivity index is 2.86. The predicted molar refractivity (Wildman–Crippen MR) is 63.9 cm³/mol. The largest absolute Gasteiger partial charge is 0.444 e. The van der Waals surface area contributed by atoms with Crippen LogP contribution in [0, 0.1) is 11.6 Å². The quantitative estimate of drug-likeness (QED) is 0.849.